The molecule has 20 heavy (non-hydrogen) atoms. The zero-order valence-corrected chi connectivity index (χ0v) is 11.9. The Morgan fingerprint density at radius 1 is 1.20 bits per heavy atom. The van der Waals surface area contributed by atoms with Crippen LogP contribution in [0, 0.1) is 13.8 Å². The van der Waals surface area contributed by atoms with Crippen molar-refractivity contribution in [2.45, 2.75) is 33.1 Å². The van der Waals surface area contributed by atoms with E-state index in [1.165, 1.54) is 11.1 Å². The molecule has 0 spiro atoms. The number of carboxylic acid groups (broad SMARTS) is 1. The number of aliphatic carboxylic acids is 1. The SMILES string of the molecule is Cc1ccc(OCCCC(=O)NCCC(=O)O)cc1C. The summed E-state index contributed by atoms with van der Waals surface area (Å²) in [7, 11) is 0. The molecular formula is C15H21NO4. The van der Waals surface area contributed by atoms with Crippen LogP contribution in [0.2, 0.25) is 0 Å². The maximum atomic E-state index is 11.4. The van der Waals surface area contributed by atoms with E-state index in [2.05, 4.69) is 5.32 Å². The maximum Gasteiger partial charge on any atom is 0.305 e. The fourth-order valence-electron chi connectivity index (χ4n) is 1.62. The molecule has 5 nitrogen and oxygen atoms in total. The predicted octanol–water partition coefficient (Wildman–Crippen LogP) is 2.05. The molecule has 0 unspecified atom stereocenters. The molecule has 0 radical (unpaired) electrons. The number of carboxylic acids is 1. The number of hydrogen-bond acceptors (Lipinski definition) is 3. The van der Waals surface area contributed by atoms with E-state index in [-0.39, 0.29) is 18.9 Å². The third kappa shape index (κ3) is 6.22. The molecule has 0 atom stereocenters. The summed E-state index contributed by atoms with van der Waals surface area (Å²) in [6.45, 7) is 4.71. The summed E-state index contributed by atoms with van der Waals surface area (Å²) in [6.07, 6.45) is 0.890. The Balaban J connectivity index is 2.16. The standard InChI is InChI=1S/C15H21NO4/c1-11-5-6-13(10-12(11)2)20-9-3-4-14(17)16-8-7-15(18)19/h5-6,10H,3-4,7-9H2,1-2H3,(H,16,17)(H,18,19). The van der Waals surface area contributed by atoms with Crippen LogP contribution in [-0.2, 0) is 9.59 Å². The molecule has 1 rings (SSSR count). The average Bonchev–Trinajstić information content (AvgIpc) is 2.38. The first-order valence-corrected chi connectivity index (χ1v) is 6.67. The van der Waals surface area contributed by atoms with Crippen LogP contribution in [0.3, 0.4) is 0 Å². The molecular weight excluding hydrogens is 258 g/mol. The lowest BCUT2D eigenvalue weighted by Crippen LogP contribution is -2.26. The van der Waals surface area contributed by atoms with Gasteiger partial charge < -0.3 is 15.2 Å². The Morgan fingerprint density at radius 3 is 2.60 bits per heavy atom. The van der Waals surface area contributed by atoms with Gasteiger partial charge in [-0.05, 0) is 43.5 Å². The summed E-state index contributed by atoms with van der Waals surface area (Å²) in [5.41, 5.74) is 2.39. The lowest BCUT2D eigenvalue weighted by atomic mass is 10.1. The summed E-state index contributed by atoms with van der Waals surface area (Å²) in [4.78, 5) is 21.7. The molecule has 1 aromatic rings. The van der Waals surface area contributed by atoms with Gasteiger partial charge in [0.15, 0.2) is 0 Å². The van der Waals surface area contributed by atoms with Gasteiger partial charge in [-0.2, -0.15) is 0 Å². The minimum atomic E-state index is -0.914. The lowest BCUT2D eigenvalue weighted by Gasteiger charge is -2.08. The van der Waals surface area contributed by atoms with Crippen molar-refractivity contribution in [1.29, 1.82) is 0 Å². The summed E-state index contributed by atoms with van der Waals surface area (Å²) >= 11 is 0. The highest BCUT2D eigenvalue weighted by atomic mass is 16.5. The zero-order valence-electron chi connectivity index (χ0n) is 11.9. The third-order valence-corrected chi connectivity index (χ3v) is 2.96. The van der Waals surface area contributed by atoms with Crippen LogP contribution in [0.5, 0.6) is 5.75 Å². The number of amides is 1. The number of aryl methyl sites for hydroxylation is 2. The second-order valence-corrected chi connectivity index (χ2v) is 4.69. The van der Waals surface area contributed by atoms with Crippen LogP contribution in [0.15, 0.2) is 18.2 Å². The van der Waals surface area contributed by atoms with Gasteiger partial charge in [0.2, 0.25) is 5.91 Å². The van der Waals surface area contributed by atoms with Crippen LogP contribution in [0.4, 0.5) is 0 Å². The Kier molecular flexibility index (Phi) is 6.56. The Hall–Kier alpha value is -2.04. The van der Waals surface area contributed by atoms with Gasteiger partial charge in [-0.15, -0.1) is 0 Å². The van der Waals surface area contributed by atoms with Crippen LogP contribution in [0.1, 0.15) is 30.4 Å². The second kappa shape index (κ2) is 8.19. The minimum absolute atomic E-state index is 0.0507. The molecule has 1 amide bonds. The highest BCUT2D eigenvalue weighted by Crippen LogP contribution is 2.16. The number of hydrogen-bond donors (Lipinski definition) is 2. The van der Waals surface area contributed by atoms with Crippen molar-refractivity contribution in [1.82, 2.24) is 5.32 Å². The predicted molar refractivity (Wildman–Crippen MR) is 75.9 cm³/mol. The number of carbonyl (C=O) groups is 2. The quantitative estimate of drug-likeness (QED) is 0.714. The van der Waals surface area contributed by atoms with E-state index in [1.54, 1.807) is 0 Å². The molecule has 0 fully saturated rings. The first-order valence-electron chi connectivity index (χ1n) is 6.67. The fourth-order valence-corrected chi connectivity index (χ4v) is 1.62. The molecule has 5 heteroatoms. The topological polar surface area (TPSA) is 75.6 Å². The van der Waals surface area contributed by atoms with Crippen molar-refractivity contribution in [2.75, 3.05) is 13.2 Å². The van der Waals surface area contributed by atoms with E-state index in [1.807, 2.05) is 32.0 Å². The van der Waals surface area contributed by atoms with E-state index in [0.29, 0.717) is 19.4 Å². The fraction of sp³-hybridized carbons (Fsp3) is 0.467. The smallest absolute Gasteiger partial charge is 0.305 e. The molecule has 0 aliphatic heterocycles. The van der Waals surface area contributed by atoms with Crippen molar-refractivity contribution in [2.24, 2.45) is 0 Å². The lowest BCUT2D eigenvalue weighted by molar-refractivity contribution is -0.136. The molecule has 0 saturated carbocycles. The highest BCUT2D eigenvalue weighted by Gasteiger charge is 2.03. The zero-order chi connectivity index (χ0) is 15.0. The van der Waals surface area contributed by atoms with E-state index in [4.69, 9.17) is 9.84 Å². The number of carbonyl (C=O) groups excluding carboxylic acids is 1. The molecule has 0 aliphatic carbocycles. The number of benzene rings is 1. The number of rotatable bonds is 8. The van der Waals surface area contributed by atoms with Crippen molar-refractivity contribution < 1.29 is 19.4 Å². The molecule has 2 N–H and O–H groups in total. The van der Waals surface area contributed by atoms with Crippen LogP contribution in [-0.4, -0.2) is 30.1 Å². The van der Waals surface area contributed by atoms with Gasteiger partial charge in [0.05, 0.1) is 13.0 Å². The first kappa shape index (κ1) is 16.0. The molecule has 110 valence electrons. The Morgan fingerprint density at radius 2 is 1.95 bits per heavy atom. The highest BCUT2D eigenvalue weighted by molar-refractivity contribution is 5.76. The van der Waals surface area contributed by atoms with E-state index < -0.39 is 5.97 Å². The molecule has 0 aliphatic rings. The first-order chi connectivity index (χ1) is 9.49. The Bertz CT molecular complexity index is 471. The van der Waals surface area contributed by atoms with Gasteiger partial charge in [-0.3, -0.25) is 9.59 Å². The molecule has 0 heterocycles. The molecule has 0 saturated heterocycles. The number of ether oxygens (including phenoxy) is 1. The van der Waals surface area contributed by atoms with Crippen LogP contribution < -0.4 is 10.1 Å². The molecule has 1 aromatic carbocycles. The van der Waals surface area contributed by atoms with Crippen molar-refractivity contribution in [3.8, 4) is 5.75 Å². The van der Waals surface area contributed by atoms with Gasteiger partial charge in [-0.1, -0.05) is 6.07 Å². The minimum Gasteiger partial charge on any atom is -0.494 e. The maximum absolute atomic E-state index is 11.4. The molecule has 0 bridgehead atoms. The van der Waals surface area contributed by atoms with Gasteiger partial charge in [-0.25, -0.2) is 0 Å². The van der Waals surface area contributed by atoms with Gasteiger partial charge >= 0.3 is 5.97 Å². The average molecular weight is 279 g/mol. The number of nitrogens with one attached hydrogen (secondary N) is 1. The van der Waals surface area contributed by atoms with Crippen molar-refractivity contribution >= 4 is 11.9 Å². The van der Waals surface area contributed by atoms with Gasteiger partial charge in [0, 0.05) is 13.0 Å². The van der Waals surface area contributed by atoms with Crippen molar-refractivity contribution in [3.05, 3.63) is 29.3 Å². The monoisotopic (exact) mass is 279 g/mol. The van der Waals surface area contributed by atoms with Crippen LogP contribution >= 0.6 is 0 Å². The second-order valence-electron chi connectivity index (χ2n) is 4.69. The van der Waals surface area contributed by atoms with Crippen LogP contribution in [0.25, 0.3) is 0 Å². The van der Waals surface area contributed by atoms with Gasteiger partial charge in [0.1, 0.15) is 5.75 Å². The summed E-state index contributed by atoms with van der Waals surface area (Å²) in [5.74, 6) is -0.252. The van der Waals surface area contributed by atoms with E-state index >= 15 is 0 Å². The largest absolute Gasteiger partial charge is 0.494 e. The Labute approximate surface area is 118 Å². The summed E-state index contributed by atoms with van der Waals surface area (Å²) in [6, 6.07) is 5.89. The van der Waals surface area contributed by atoms with Gasteiger partial charge in [0.25, 0.3) is 0 Å². The summed E-state index contributed by atoms with van der Waals surface area (Å²) in [5, 5.41) is 11.0. The summed E-state index contributed by atoms with van der Waals surface area (Å²) < 4.78 is 5.56. The van der Waals surface area contributed by atoms with E-state index in [9.17, 15) is 9.59 Å². The third-order valence-electron chi connectivity index (χ3n) is 2.96. The normalized spacial score (nSPS) is 10.1. The van der Waals surface area contributed by atoms with Crippen molar-refractivity contribution in [3.63, 3.8) is 0 Å². The molecule has 0 aromatic heterocycles. The van der Waals surface area contributed by atoms with E-state index in [0.717, 1.165) is 5.75 Å².